The van der Waals surface area contributed by atoms with Gasteiger partial charge in [-0.2, -0.15) is 0 Å². The van der Waals surface area contributed by atoms with Gasteiger partial charge >= 0.3 is 0 Å². The van der Waals surface area contributed by atoms with Gasteiger partial charge in [-0.3, -0.25) is 4.98 Å². The number of rotatable bonds is 5. The molecular formula is C50H30N4O. The standard InChI is InChI=1S/C50H30N4O/c1-2-10-33(11-3-1)48-52-49(54-50(53-48)35-23-19-32(20-24-35)43-15-8-9-29-51-43)34-21-17-31(18-22-34)36-25-26-38-40-27-28-45-47(41-14-6-7-16-44(41)55-45)46(40)39-13-5-4-12-37(39)42(38)30-36/h1-30H. The zero-order valence-corrected chi connectivity index (χ0v) is 29.5. The largest absolute Gasteiger partial charge is 0.456 e. The predicted octanol–water partition coefficient (Wildman–Crippen LogP) is 13.0. The summed E-state index contributed by atoms with van der Waals surface area (Å²) in [7, 11) is 0. The molecule has 11 aromatic rings. The first-order valence-electron chi connectivity index (χ1n) is 18.4. The number of furan rings is 1. The summed E-state index contributed by atoms with van der Waals surface area (Å²) in [6.07, 6.45) is 1.81. The molecule has 0 aliphatic carbocycles. The van der Waals surface area contributed by atoms with Crippen molar-refractivity contribution in [3.05, 3.63) is 182 Å². The van der Waals surface area contributed by atoms with Crippen LogP contribution < -0.4 is 0 Å². The zero-order valence-electron chi connectivity index (χ0n) is 29.5. The average molecular weight is 703 g/mol. The molecule has 0 atom stereocenters. The molecule has 0 saturated heterocycles. The van der Waals surface area contributed by atoms with Crippen LogP contribution in [0.25, 0.3) is 111 Å². The molecule has 0 radical (unpaired) electrons. The van der Waals surface area contributed by atoms with Crippen LogP contribution >= 0.6 is 0 Å². The van der Waals surface area contributed by atoms with Crippen LogP contribution in [0.1, 0.15) is 0 Å². The highest BCUT2D eigenvalue weighted by Crippen LogP contribution is 2.43. The van der Waals surface area contributed by atoms with Crippen LogP contribution in [0.15, 0.2) is 187 Å². The number of para-hydroxylation sites is 1. The van der Waals surface area contributed by atoms with Crippen molar-refractivity contribution in [2.24, 2.45) is 0 Å². The third-order valence-corrected chi connectivity index (χ3v) is 10.6. The van der Waals surface area contributed by atoms with Gasteiger partial charge in [-0.15, -0.1) is 0 Å². The molecule has 3 heterocycles. The van der Waals surface area contributed by atoms with Crippen molar-refractivity contribution in [3.8, 4) is 56.5 Å². The molecule has 0 aliphatic rings. The van der Waals surface area contributed by atoms with Gasteiger partial charge in [0.1, 0.15) is 11.2 Å². The maximum Gasteiger partial charge on any atom is 0.164 e. The number of hydrogen-bond donors (Lipinski definition) is 0. The van der Waals surface area contributed by atoms with E-state index in [0.717, 1.165) is 55.6 Å². The zero-order chi connectivity index (χ0) is 36.3. The van der Waals surface area contributed by atoms with Crippen molar-refractivity contribution >= 4 is 54.3 Å². The lowest BCUT2D eigenvalue weighted by atomic mass is 9.90. The Morgan fingerprint density at radius 1 is 0.309 bits per heavy atom. The molecule has 8 aromatic carbocycles. The molecule has 5 heteroatoms. The first-order valence-corrected chi connectivity index (χ1v) is 18.4. The first kappa shape index (κ1) is 31.1. The molecule has 256 valence electrons. The summed E-state index contributed by atoms with van der Waals surface area (Å²) >= 11 is 0. The van der Waals surface area contributed by atoms with Crippen molar-refractivity contribution in [2.45, 2.75) is 0 Å². The summed E-state index contributed by atoms with van der Waals surface area (Å²) in [5.41, 5.74) is 8.82. The second kappa shape index (κ2) is 12.6. The van der Waals surface area contributed by atoms with Crippen LogP contribution in [-0.2, 0) is 0 Å². The van der Waals surface area contributed by atoms with E-state index in [9.17, 15) is 0 Å². The van der Waals surface area contributed by atoms with Gasteiger partial charge in [0.2, 0.25) is 0 Å². The van der Waals surface area contributed by atoms with E-state index >= 15 is 0 Å². The van der Waals surface area contributed by atoms with Crippen molar-refractivity contribution in [1.82, 2.24) is 19.9 Å². The highest BCUT2D eigenvalue weighted by molar-refractivity contribution is 6.34. The summed E-state index contributed by atoms with van der Waals surface area (Å²) in [4.78, 5) is 19.4. The Bertz CT molecular complexity index is 3210. The third-order valence-electron chi connectivity index (χ3n) is 10.6. The molecule has 0 N–H and O–H groups in total. The number of aromatic nitrogens is 4. The minimum atomic E-state index is 0.620. The van der Waals surface area contributed by atoms with Gasteiger partial charge in [-0.25, -0.2) is 15.0 Å². The minimum absolute atomic E-state index is 0.620. The van der Waals surface area contributed by atoms with Gasteiger partial charge < -0.3 is 4.42 Å². The maximum absolute atomic E-state index is 6.30. The molecule has 5 nitrogen and oxygen atoms in total. The van der Waals surface area contributed by atoms with E-state index < -0.39 is 0 Å². The van der Waals surface area contributed by atoms with E-state index in [4.69, 9.17) is 19.4 Å². The van der Waals surface area contributed by atoms with Gasteiger partial charge in [0, 0.05) is 44.6 Å². The van der Waals surface area contributed by atoms with E-state index in [0.29, 0.717) is 17.5 Å². The van der Waals surface area contributed by atoms with Crippen molar-refractivity contribution in [3.63, 3.8) is 0 Å². The van der Waals surface area contributed by atoms with E-state index in [1.165, 1.54) is 37.7 Å². The Kier molecular flexibility index (Phi) is 7.10. The molecule has 0 bridgehead atoms. The molecular weight excluding hydrogens is 673 g/mol. The smallest absolute Gasteiger partial charge is 0.164 e. The monoisotopic (exact) mass is 702 g/mol. The lowest BCUT2D eigenvalue weighted by molar-refractivity contribution is 0.669. The summed E-state index contributed by atoms with van der Waals surface area (Å²) < 4.78 is 6.30. The Labute approximate surface area is 316 Å². The first-order chi connectivity index (χ1) is 27.2. The van der Waals surface area contributed by atoms with Crippen LogP contribution in [0.2, 0.25) is 0 Å². The van der Waals surface area contributed by atoms with Gasteiger partial charge in [0.25, 0.3) is 0 Å². The normalized spacial score (nSPS) is 11.6. The van der Waals surface area contributed by atoms with Crippen LogP contribution in [0.3, 0.4) is 0 Å². The Balaban J connectivity index is 1.01. The highest BCUT2D eigenvalue weighted by Gasteiger charge is 2.17. The number of benzene rings is 8. The second-order valence-corrected chi connectivity index (χ2v) is 13.8. The number of fused-ring (bicyclic) bond motifs is 10. The molecule has 0 spiro atoms. The topological polar surface area (TPSA) is 64.7 Å². The maximum atomic E-state index is 6.30. The van der Waals surface area contributed by atoms with Crippen LogP contribution in [-0.4, -0.2) is 19.9 Å². The Hall–Kier alpha value is -7.50. The highest BCUT2D eigenvalue weighted by atomic mass is 16.3. The molecule has 0 saturated carbocycles. The van der Waals surface area contributed by atoms with Crippen molar-refractivity contribution < 1.29 is 4.42 Å². The van der Waals surface area contributed by atoms with Crippen LogP contribution in [0, 0.1) is 0 Å². The molecule has 0 fully saturated rings. The lowest BCUT2D eigenvalue weighted by Gasteiger charge is -2.13. The fraction of sp³-hybridized carbons (Fsp3) is 0. The fourth-order valence-electron chi connectivity index (χ4n) is 7.92. The fourth-order valence-corrected chi connectivity index (χ4v) is 7.92. The molecule has 55 heavy (non-hydrogen) atoms. The van der Waals surface area contributed by atoms with E-state index in [2.05, 4.69) is 108 Å². The Morgan fingerprint density at radius 3 is 1.55 bits per heavy atom. The quantitative estimate of drug-likeness (QED) is 0.167. The Morgan fingerprint density at radius 2 is 0.836 bits per heavy atom. The second-order valence-electron chi connectivity index (χ2n) is 13.8. The summed E-state index contributed by atoms with van der Waals surface area (Å²) in [5.74, 6) is 1.88. The van der Waals surface area contributed by atoms with Crippen molar-refractivity contribution in [2.75, 3.05) is 0 Å². The van der Waals surface area contributed by atoms with E-state index in [1.807, 2.05) is 79.0 Å². The molecule has 3 aromatic heterocycles. The van der Waals surface area contributed by atoms with Gasteiger partial charge in [0.05, 0.1) is 5.69 Å². The lowest BCUT2D eigenvalue weighted by Crippen LogP contribution is -2.00. The predicted molar refractivity (Wildman–Crippen MR) is 225 cm³/mol. The molecule has 0 aliphatic heterocycles. The van der Waals surface area contributed by atoms with E-state index in [1.54, 1.807) is 0 Å². The SMILES string of the molecule is c1ccc(-c2nc(-c3ccc(-c4ccc5c(c4)c4ccccc4c4c5ccc5oc6ccccc6c54)cc3)nc(-c3ccc(-c4ccccn4)cc3)n2)cc1. The number of nitrogens with zero attached hydrogens (tertiary/aromatic N) is 4. The molecule has 11 rings (SSSR count). The summed E-state index contributed by atoms with van der Waals surface area (Å²) in [6, 6.07) is 61.0. The average Bonchev–Trinajstić information content (AvgIpc) is 3.66. The molecule has 0 amide bonds. The summed E-state index contributed by atoms with van der Waals surface area (Å²) in [6.45, 7) is 0. The van der Waals surface area contributed by atoms with Gasteiger partial charge in [-0.1, -0.05) is 140 Å². The third kappa shape index (κ3) is 5.24. The summed E-state index contributed by atoms with van der Waals surface area (Å²) in [5, 5.41) is 9.66. The van der Waals surface area contributed by atoms with Crippen molar-refractivity contribution in [1.29, 1.82) is 0 Å². The van der Waals surface area contributed by atoms with Gasteiger partial charge in [0.15, 0.2) is 17.5 Å². The molecule has 0 unspecified atom stereocenters. The minimum Gasteiger partial charge on any atom is -0.456 e. The van der Waals surface area contributed by atoms with Crippen LogP contribution in [0.5, 0.6) is 0 Å². The van der Waals surface area contributed by atoms with E-state index in [-0.39, 0.29) is 0 Å². The van der Waals surface area contributed by atoms with Crippen LogP contribution in [0.4, 0.5) is 0 Å². The van der Waals surface area contributed by atoms with Gasteiger partial charge in [-0.05, 0) is 74.5 Å². The number of hydrogen-bond acceptors (Lipinski definition) is 5. The number of pyridine rings is 1.